The number of carbonyl (C=O) groups is 2. The number of amides is 2. The first kappa shape index (κ1) is 17.9. The van der Waals surface area contributed by atoms with E-state index in [4.69, 9.17) is 4.74 Å². The Kier molecular flexibility index (Phi) is 4.82. The lowest BCUT2D eigenvalue weighted by molar-refractivity contribution is 0.0706. The SMILES string of the molecule is COc1nc2c(cc1CNC(=O)c1cnc(C)s1)C(=O)N(C1CCCC1)C2. The zero-order chi connectivity index (χ0) is 19.0. The van der Waals surface area contributed by atoms with E-state index < -0.39 is 0 Å². The molecule has 4 rings (SSSR count). The van der Waals surface area contributed by atoms with Crippen LogP contribution < -0.4 is 10.1 Å². The molecule has 1 aliphatic carbocycles. The number of nitrogens with zero attached hydrogens (tertiary/aromatic N) is 3. The predicted molar refractivity (Wildman–Crippen MR) is 101 cm³/mol. The van der Waals surface area contributed by atoms with Crippen molar-refractivity contribution in [1.29, 1.82) is 0 Å². The van der Waals surface area contributed by atoms with Gasteiger partial charge in [-0.2, -0.15) is 0 Å². The summed E-state index contributed by atoms with van der Waals surface area (Å²) in [5.74, 6) is 0.301. The van der Waals surface area contributed by atoms with E-state index in [0.29, 0.717) is 34.5 Å². The van der Waals surface area contributed by atoms with Gasteiger partial charge in [-0.15, -0.1) is 11.3 Å². The van der Waals surface area contributed by atoms with Crippen LogP contribution in [0.3, 0.4) is 0 Å². The fraction of sp³-hybridized carbons (Fsp3) is 0.474. The summed E-state index contributed by atoms with van der Waals surface area (Å²) in [5.41, 5.74) is 2.09. The van der Waals surface area contributed by atoms with Crippen LogP contribution in [-0.4, -0.2) is 39.8 Å². The highest BCUT2D eigenvalue weighted by atomic mass is 32.1. The van der Waals surface area contributed by atoms with Crippen molar-refractivity contribution >= 4 is 23.2 Å². The van der Waals surface area contributed by atoms with Crippen LogP contribution in [0.4, 0.5) is 0 Å². The van der Waals surface area contributed by atoms with Crippen LogP contribution in [0.15, 0.2) is 12.3 Å². The molecule has 1 fully saturated rings. The standard InChI is InChI=1S/C19H22N4O3S/c1-11-20-9-16(27-11)17(24)21-8-12-7-14-15(22-18(12)26-2)10-23(19(14)25)13-5-3-4-6-13/h7,9,13H,3-6,8,10H2,1-2H3,(H,21,24). The highest BCUT2D eigenvalue weighted by Crippen LogP contribution is 2.33. The maximum Gasteiger partial charge on any atom is 0.263 e. The average Bonchev–Trinajstić information content (AvgIpc) is 3.40. The largest absolute Gasteiger partial charge is 0.481 e. The van der Waals surface area contributed by atoms with Gasteiger partial charge in [0.1, 0.15) is 4.88 Å². The maximum atomic E-state index is 12.8. The third kappa shape index (κ3) is 3.41. The van der Waals surface area contributed by atoms with Gasteiger partial charge >= 0.3 is 0 Å². The molecule has 0 bridgehead atoms. The maximum absolute atomic E-state index is 12.8. The second-order valence-corrected chi connectivity index (χ2v) is 8.18. The van der Waals surface area contributed by atoms with Crippen molar-refractivity contribution in [2.45, 2.75) is 51.7 Å². The van der Waals surface area contributed by atoms with Crippen molar-refractivity contribution in [2.24, 2.45) is 0 Å². The Bertz CT molecular complexity index is 889. The van der Waals surface area contributed by atoms with E-state index in [1.807, 2.05) is 17.9 Å². The highest BCUT2D eigenvalue weighted by molar-refractivity contribution is 7.13. The Labute approximate surface area is 161 Å². The minimum atomic E-state index is -0.193. The van der Waals surface area contributed by atoms with Crippen molar-refractivity contribution in [2.75, 3.05) is 7.11 Å². The van der Waals surface area contributed by atoms with Gasteiger partial charge < -0.3 is 15.0 Å². The number of hydrogen-bond donors (Lipinski definition) is 1. The van der Waals surface area contributed by atoms with Gasteiger partial charge in [0.15, 0.2) is 0 Å². The molecule has 1 saturated carbocycles. The van der Waals surface area contributed by atoms with Gasteiger partial charge in [0.05, 0.1) is 36.1 Å². The first-order valence-electron chi connectivity index (χ1n) is 9.15. The van der Waals surface area contributed by atoms with E-state index in [-0.39, 0.29) is 18.4 Å². The van der Waals surface area contributed by atoms with E-state index in [0.717, 1.165) is 23.5 Å². The summed E-state index contributed by atoms with van der Waals surface area (Å²) < 4.78 is 5.41. The topological polar surface area (TPSA) is 84.4 Å². The molecule has 2 aliphatic rings. The van der Waals surface area contributed by atoms with Crippen molar-refractivity contribution in [1.82, 2.24) is 20.2 Å². The second-order valence-electron chi connectivity index (χ2n) is 6.95. The summed E-state index contributed by atoms with van der Waals surface area (Å²) in [6.07, 6.45) is 6.05. The molecule has 2 amide bonds. The first-order valence-corrected chi connectivity index (χ1v) is 9.97. The lowest BCUT2D eigenvalue weighted by atomic mass is 10.1. The number of carbonyl (C=O) groups excluding carboxylic acids is 2. The number of thiazole rings is 1. The Morgan fingerprint density at radius 2 is 2.19 bits per heavy atom. The summed E-state index contributed by atoms with van der Waals surface area (Å²) in [7, 11) is 1.55. The summed E-state index contributed by atoms with van der Waals surface area (Å²) >= 11 is 1.34. The molecule has 2 aromatic heterocycles. The van der Waals surface area contributed by atoms with Crippen molar-refractivity contribution in [3.8, 4) is 5.88 Å². The van der Waals surface area contributed by atoms with Crippen molar-refractivity contribution in [3.63, 3.8) is 0 Å². The molecule has 3 heterocycles. The van der Waals surface area contributed by atoms with Crippen LogP contribution in [0, 0.1) is 6.92 Å². The minimum Gasteiger partial charge on any atom is -0.481 e. The summed E-state index contributed by atoms with van der Waals surface area (Å²) in [5, 5.41) is 3.70. The number of hydrogen-bond acceptors (Lipinski definition) is 6. The quantitative estimate of drug-likeness (QED) is 0.854. The minimum absolute atomic E-state index is 0.0395. The molecular formula is C19H22N4O3S. The van der Waals surface area contributed by atoms with Crippen molar-refractivity contribution < 1.29 is 14.3 Å². The molecule has 2 aromatic rings. The molecule has 0 aromatic carbocycles. The van der Waals surface area contributed by atoms with Crippen LogP contribution in [-0.2, 0) is 13.1 Å². The van der Waals surface area contributed by atoms with Crippen LogP contribution >= 0.6 is 11.3 Å². The molecule has 27 heavy (non-hydrogen) atoms. The number of fused-ring (bicyclic) bond motifs is 1. The van der Waals surface area contributed by atoms with Crippen LogP contribution in [0.5, 0.6) is 5.88 Å². The zero-order valence-corrected chi connectivity index (χ0v) is 16.3. The van der Waals surface area contributed by atoms with Gasteiger partial charge in [0, 0.05) is 18.2 Å². The smallest absolute Gasteiger partial charge is 0.263 e. The number of pyridine rings is 1. The van der Waals surface area contributed by atoms with Gasteiger partial charge in [0.25, 0.3) is 11.8 Å². The average molecular weight is 386 g/mol. The van der Waals surface area contributed by atoms with E-state index in [1.165, 1.54) is 24.2 Å². The highest BCUT2D eigenvalue weighted by Gasteiger charge is 2.35. The molecule has 1 aliphatic heterocycles. The molecule has 0 spiro atoms. The summed E-state index contributed by atoms with van der Waals surface area (Å²) in [4.78, 5) is 36.3. The predicted octanol–water partition coefficient (Wildman–Crippen LogP) is 2.68. The third-order valence-corrected chi connectivity index (χ3v) is 6.11. The van der Waals surface area contributed by atoms with E-state index in [9.17, 15) is 9.59 Å². The number of ether oxygens (including phenoxy) is 1. The normalized spacial score (nSPS) is 16.7. The monoisotopic (exact) mass is 386 g/mol. The van der Waals surface area contributed by atoms with E-state index >= 15 is 0 Å². The molecule has 0 unspecified atom stereocenters. The lowest BCUT2D eigenvalue weighted by Crippen LogP contribution is -2.33. The first-order chi connectivity index (χ1) is 13.1. The van der Waals surface area contributed by atoms with Crippen molar-refractivity contribution in [3.05, 3.63) is 39.0 Å². The Balaban J connectivity index is 1.52. The van der Waals surface area contributed by atoms with E-state index in [2.05, 4.69) is 15.3 Å². The third-order valence-electron chi connectivity index (χ3n) is 5.20. The Hall–Kier alpha value is -2.48. The molecule has 0 atom stereocenters. The Morgan fingerprint density at radius 1 is 1.41 bits per heavy atom. The van der Waals surface area contributed by atoms with Crippen LogP contribution in [0.2, 0.25) is 0 Å². The molecule has 142 valence electrons. The number of aromatic nitrogens is 2. The number of methoxy groups -OCH3 is 1. The number of aryl methyl sites for hydroxylation is 1. The van der Waals surface area contributed by atoms with Gasteiger partial charge in [-0.05, 0) is 25.8 Å². The molecule has 8 heteroatoms. The lowest BCUT2D eigenvalue weighted by Gasteiger charge is -2.22. The van der Waals surface area contributed by atoms with Crippen LogP contribution in [0.25, 0.3) is 0 Å². The second kappa shape index (κ2) is 7.26. The molecule has 0 radical (unpaired) electrons. The van der Waals surface area contributed by atoms with Gasteiger partial charge in [0.2, 0.25) is 5.88 Å². The van der Waals surface area contributed by atoms with Gasteiger partial charge in [-0.1, -0.05) is 12.8 Å². The van der Waals surface area contributed by atoms with E-state index in [1.54, 1.807) is 13.3 Å². The fourth-order valence-corrected chi connectivity index (χ4v) is 4.50. The fourth-order valence-electron chi connectivity index (χ4n) is 3.81. The zero-order valence-electron chi connectivity index (χ0n) is 15.4. The molecule has 7 nitrogen and oxygen atoms in total. The summed E-state index contributed by atoms with van der Waals surface area (Å²) in [6.45, 7) is 2.65. The molecular weight excluding hydrogens is 364 g/mol. The number of nitrogens with one attached hydrogen (secondary N) is 1. The molecule has 0 saturated heterocycles. The Morgan fingerprint density at radius 3 is 2.85 bits per heavy atom. The molecule has 1 N–H and O–H groups in total. The summed E-state index contributed by atoms with van der Waals surface area (Å²) in [6, 6.07) is 2.13. The van der Waals surface area contributed by atoms with Gasteiger partial charge in [-0.3, -0.25) is 9.59 Å². The number of rotatable bonds is 5. The van der Waals surface area contributed by atoms with Gasteiger partial charge in [-0.25, -0.2) is 9.97 Å². The van der Waals surface area contributed by atoms with Crippen LogP contribution in [0.1, 0.15) is 62.0 Å².